The van der Waals surface area contributed by atoms with Crippen LogP contribution in [0, 0.1) is 0 Å². The van der Waals surface area contributed by atoms with E-state index >= 15 is 0 Å². The van der Waals surface area contributed by atoms with Crippen LogP contribution in [0.3, 0.4) is 0 Å². The number of nitrogen functional groups attached to an aromatic ring is 1. The van der Waals surface area contributed by atoms with Gasteiger partial charge in [0.1, 0.15) is 0 Å². The zero-order valence-electron chi connectivity index (χ0n) is 11.7. The van der Waals surface area contributed by atoms with Crippen LogP contribution in [0.1, 0.15) is 0 Å². The van der Waals surface area contributed by atoms with Gasteiger partial charge in [-0.05, 0) is 24.3 Å². The van der Waals surface area contributed by atoms with Gasteiger partial charge in [-0.3, -0.25) is 10.1 Å². The molecule has 4 rings (SSSR count). The van der Waals surface area contributed by atoms with Gasteiger partial charge < -0.3 is 10.3 Å². The van der Waals surface area contributed by atoms with Gasteiger partial charge in [0, 0.05) is 41.4 Å². The smallest absolute Gasteiger partial charge is 0.0801 e. The summed E-state index contributed by atoms with van der Waals surface area (Å²) in [7, 11) is 2.05. The van der Waals surface area contributed by atoms with Crippen molar-refractivity contribution in [3.63, 3.8) is 0 Å². The molecule has 0 aliphatic rings. The Morgan fingerprint density at radius 2 is 1.71 bits per heavy atom. The summed E-state index contributed by atoms with van der Waals surface area (Å²) >= 11 is 0. The highest BCUT2D eigenvalue weighted by Crippen LogP contribution is 2.27. The highest BCUT2D eigenvalue weighted by Gasteiger charge is 2.08. The SMILES string of the molecule is Cn1cc(Nn2ccc3c(N)cccc32)c2ccccc21. The zero-order valence-corrected chi connectivity index (χ0v) is 11.7. The lowest BCUT2D eigenvalue weighted by atomic mass is 10.2. The second kappa shape index (κ2) is 4.31. The molecule has 2 aromatic carbocycles. The Bertz CT molecular complexity index is 946. The van der Waals surface area contributed by atoms with E-state index in [1.807, 2.05) is 29.1 Å². The van der Waals surface area contributed by atoms with Crippen LogP contribution in [-0.4, -0.2) is 9.24 Å². The number of rotatable bonds is 2. The number of hydrogen-bond donors (Lipinski definition) is 2. The number of anilines is 2. The highest BCUT2D eigenvalue weighted by molar-refractivity contribution is 5.95. The molecule has 3 N–H and O–H groups in total. The number of hydrogen-bond acceptors (Lipinski definition) is 2. The monoisotopic (exact) mass is 276 g/mol. The van der Waals surface area contributed by atoms with E-state index in [1.54, 1.807) is 0 Å². The predicted molar refractivity (Wildman–Crippen MR) is 88.3 cm³/mol. The normalized spacial score (nSPS) is 11.3. The fraction of sp³-hybridized carbons (Fsp3) is 0.0588. The molecule has 2 heterocycles. The summed E-state index contributed by atoms with van der Waals surface area (Å²) in [6.45, 7) is 0. The van der Waals surface area contributed by atoms with Gasteiger partial charge in [-0.15, -0.1) is 0 Å². The zero-order chi connectivity index (χ0) is 14.4. The maximum Gasteiger partial charge on any atom is 0.0801 e. The molecule has 21 heavy (non-hydrogen) atoms. The van der Waals surface area contributed by atoms with Gasteiger partial charge in [0.15, 0.2) is 0 Å². The van der Waals surface area contributed by atoms with Crippen molar-refractivity contribution in [2.75, 3.05) is 11.2 Å². The first-order valence-corrected chi connectivity index (χ1v) is 6.91. The van der Waals surface area contributed by atoms with Crippen LogP contribution >= 0.6 is 0 Å². The van der Waals surface area contributed by atoms with Crippen molar-refractivity contribution in [3.05, 3.63) is 60.9 Å². The molecule has 0 aliphatic heterocycles. The molecule has 0 fully saturated rings. The van der Waals surface area contributed by atoms with E-state index in [2.05, 4.69) is 53.6 Å². The quantitative estimate of drug-likeness (QED) is 0.550. The molecule has 2 aromatic heterocycles. The van der Waals surface area contributed by atoms with Gasteiger partial charge in [-0.2, -0.15) is 0 Å². The molecule has 0 radical (unpaired) electrons. The Labute approximate surface area is 122 Å². The first-order chi connectivity index (χ1) is 10.2. The molecule has 4 heteroatoms. The van der Waals surface area contributed by atoms with Crippen molar-refractivity contribution in [1.82, 2.24) is 9.24 Å². The summed E-state index contributed by atoms with van der Waals surface area (Å²) < 4.78 is 4.13. The summed E-state index contributed by atoms with van der Waals surface area (Å²) in [5.74, 6) is 0. The molecular weight excluding hydrogens is 260 g/mol. The van der Waals surface area contributed by atoms with Crippen molar-refractivity contribution in [1.29, 1.82) is 0 Å². The Balaban J connectivity index is 1.85. The summed E-state index contributed by atoms with van der Waals surface area (Å²) in [5, 5.41) is 2.26. The topological polar surface area (TPSA) is 47.9 Å². The molecule has 0 unspecified atom stereocenters. The van der Waals surface area contributed by atoms with Crippen LogP contribution in [0.2, 0.25) is 0 Å². The standard InChI is InChI=1S/C17H16N4/c1-20-11-15(13-5-2-3-7-16(13)20)19-21-10-9-12-14(18)6-4-8-17(12)21/h2-11,19H,18H2,1H3. The van der Waals surface area contributed by atoms with Gasteiger partial charge >= 0.3 is 0 Å². The Morgan fingerprint density at radius 3 is 2.62 bits per heavy atom. The number of nitrogens with two attached hydrogens (primary N) is 1. The van der Waals surface area contributed by atoms with Crippen molar-refractivity contribution >= 4 is 33.2 Å². The van der Waals surface area contributed by atoms with Crippen LogP contribution in [0.15, 0.2) is 60.9 Å². The number of benzene rings is 2. The van der Waals surface area contributed by atoms with Gasteiger partial charge in [0.25, 0.3) is 0 Å². The van der Waals surface area contributed by atoms with Crippen LogP contribution in [-0.2, 0) is 7.05 Å². The van der Waals surface area contributed by atoms with Crippen molar-refractivity contribution in [2.24, 2.45) is 7.05 Å². The predicted octanol–water partition coefficient (Wildman–Crippen LogP) is 3.59. The lowest BCUT2D eigenvalue weighted by Gasteiger charge is -2.08. The third-order valence-electron chi connectivity index (χ3n) is 3.90. The average molecular weight is 276 g/mol. The maximum atomic E-state index is 6.01. The molecule has 4 aromatic rings. The largest absolute Gasteiger partial charge is 0.398 e. The van der Waals surface area contributed by atoms with Crippen LogP contribution < -0.4 is 11.2 Å². The van der Waals surface area contributed by atoms with E-state index in [1.165, 1.54) is 10.9 Å². The molecule has 0 atom stereocenters. The molecule has 0 saturated heterocycles. The van der Waals surface area contributed by atoms with E-state index in [0.29, 0.717) is 0 Å². The minimum atomic E-state index is 0.797. The highest BCUT2D eigenvalue weighted by atomic mass is 15.4. The number of para-hydroxylation sites is 1. The van der Waals surface area contributed by atoms with Crippen molar-refractivity contribution in [3.8, 4) is 0 Å². The van der Waals surface area contributed by atoms with Crippen molar-refractivity contribution < 1.29 is 0 Å². The molecule has 4 nitrogen and oxygen atoms in total. The fourth-order valence-electron chi connectivity index (χ4n) is 2.85. The lowest BCUT2D eigenvalue weighted by molar-refractivity contribution is 0.957. The Kier molecular flexibility index (Phi) is 2.44. The van der Waals surface area contributed by atoms with E-state index in [9.17, 15) is 0 Å². The molecule has 0 spiro atoms. The third-order valence-corrected chi connectivity index (χ3v) is 3.90. The minimum absolute atomic E-state index is 0.797. The first-order valence-electron chi connectivity index (χ1n) is 6.91. The second-order valence-corrected chi connectivity index (χ2v) is 5.25. The molecule has 104 valence electrons. The summed E-state index contributed by atoms with van der Waals surface area (Å²) in [4.78, 5) is 0. The second-order valence-electron chi connectivity index (χ2n) is 5.25. The number of aryl methyl sites for hydroxylation is 1. The van der Waals surface area contributed by atoms with E-state index in [0.717, 1.165) is 22.3 Å². The van der Waals surface area contributed by atoms with Crippen LogP contribution in [0.4, 0.5) is 11.4 Å². The minimum Gasteiger partial charge on any atom is -0.398 e. The van der Waals surface area contributed by atoms with Gasteiger partial charge in [-0.25, -0.2) is 0 Å². The third kappa shape index (κ3) is 1.76. The summed E-state index contributed by atoms with van der Waals surface area (Å²) in [6.07, 6.45) is 4.10. The van der Waals surface area contributed by atoms with Crippen LogP contribution in [0.5, 0.6) is 0 Å². The fourth-order valence-corrected chi connectivity index (χ4v) is 2.85. The summed E-state index contributed by atoms with van der Waals surface area (Å²) in [5.41, 5.74) is 13.6. The van der Waals surface area contributed by atoms with E-state index < -0.39 is 0 Å². The van der Waals surface area contributed by atoms with E-state index in [-0.39, 0.29) is 0 Å². The number of aromatic nitrogens is 2. The van der Waals surface area contributed by atoms with Gasteiger partial charge in [0.05, 0.1) is 11.2 Å². The average Bonchev–Trinajstić information content (AvgIpc) is 3.04. The lowest BCUT2D eigenvalue weighted by Crippen LogP contribution is -2.06. The Hall–Kier alpha value is -2.88. The molecular formula is C17H16N4. The Morgan fingerprint density at radius 1 is 0.905 bits per heavy atom. The van der Waals surface area contributed by atoms with E-state index in [4.69, 9.17) is 5.73 Å². The number of fused-ring (bicyclic) bond motifs is 2. The van der Waals surface area contributed by atoms with Gasteiger partial charge in [-0.1, -0.05) is 24.3 Å². The molecule has 0 aliphatic carbocycles. The van der Waals surface area contributed by atoms with Crippen LogP contribution in [0.25, 0.3) is 21.8 Å². The maximum absolute atomic E-state index is 6.01. The first kappa shape index (κ1) is 11.9. The molecule has 0 bridgehead atoms. The number of nitrogens with one attached hydrogen (secondary N) is 1. The summed E-state index contributed by atoms with van der Waals surface area (Å²) in [6, 6.07) is 16.3. The molecule has 0 saturated carbocycles. The van der Waals surface area contributed by atoms with Crippen molar-refractivity contribution in [2.45, 2.75) is 0 Å². The van der Waals surface area contributed by atoms with Gasteiger partial charge in [0.2, 0.25) is 0 Å². The number of nitrogens with zero attached hydrogens (tertiary/aromatic N) is 2. The molecule has 0 amide bonds.